The second kappa shape index (κ2) is 6.66. The zero-order valence-corrected chi connectivity index (χ0v) is 11.9. The molecule has 1 fully saturated rings. The minimum Gasteiger partial charge on any atom is -0.494 e. The van der Waals surface area contributed by atoms with Crippen molar-refractivity contribution in [3.63, 3.8) is 0 Å². The molecule has 0 saturated heterocycles. The molecule has 19 heavy (non-hydrogen) atoms. The van der Waals surface area contributed by atoms with Gasteiger partial charge in [-0.05, 0) is 38.8 Å². The molecule has 1 aliphatic carbocycles. The van der Waals surface area contributed by atoms with Crippen molar-refractivity contribution < 1.29 is 14.2 Å². The third kappa shape index (κ3) is 3.53. The first-order valence-electron chi connectivity index (χ1n) is 6.95. The van der Waals surface area contributed by atoms with Crippen LogP contribution in [0.25, 0.3) is 0 Å². The minimum atomic E-state index is 0.392. The highest BCUT2D eigenvalue weighted by Crippen LogP contribution is 2.33. The number of benzene rings is 1. The molecule has 0 amide bonds. The standard InChI is InChI=1S/C15H23NO3/c1-4-18-12-6-7-15(19-5-2)14(10-12)16-11-8-13(9-11)17-3/h6-7,10-11,13,16H,4-5,8-9H2,1-3H3. The molecule has 0 bridgehead atoms. The van der Waals surface area contributed by atoms with E-state index in [-0.39, 0.29) is 0 Å². The molecule has 0 aromatic heterocycles. The number of anilines is 1. The molecule has 0 aliphatic heterocycles. The lowest BCUT2D eigenvalue weighted by Crippen LogP contribution is -2.40. The van der Waals surface area contributed by atoms with Crippen molar-refractivity contribution in [2.24, 2.45) is 0 Å². The van der Waals surface area contributed by atoms with Gasteiger partial charge in [0.15, 0.2) is 0 Å². The Morgan fingerprint density at radius 2 is 1.89 bits per heavy atom. The first-order chi connectivity index (χ1) is 9.26. The first kappa shape index (κ1) is 14.0. The van der Waals surface area contributed by atoms with E-state index in [2.05, 4.69) is 5.32 Å². The van der Waals surface area contributed by atoms with Crippen LogP contribution in [0.5, 0.6) is 11.5 Å². The van der Waals surface area contributed by atoms with Gasteiger partial charge in [0.1, 0.15) is 11.5 Å². The number of rotatable bonds is 7. The Bertz CT molecular complexity index is 402. The van der Waals surface area contributed by atoms with Crippen molar-refractivity contribution in [1.82, 2.24) is 0 Å². The summed E-state index contributed by atoms with van der Waals surface area (Å²) in [5.74, 6) is 1.75. The summed E-state index contributed by atoms with van der Waals surface area (Å²) in [5, 5.41) is 3.51. The summed E-state index contributed by atoms with van der Waals surface area (Å²) in [4.78, 5) is 0. The average molecular weight is 265 g/mol. The molecule has 0 radical (unpaired) electrons. The molecule has 1 aromatic rings. The largest absolute Gasteiger partial charge is 0.494 e. The average Bonchev–Trinajstić information content (AvgIpc) is 2.36. The molecule has 1 N–H and O–H groups in total. The van der Waals surface area contributed by atoms with Crippen molar-refractivity contribution >= 4 is 5.69 Å². The van der Waals surface area contributed by atoms with Crippen molar-refractivity contribution in [2.45, 2.75) is 38.8 Å². The summed E-state index contributed by atoms with van der Waals surface area (Å²) in [6.45, 7) is 5.31. The van der Waals surface area contributed by atoms with E-state index >= 15 is 0 Å². The summed E-state index contributed by atoms with van der Waals surface area (Å²) in [7, 11) is 1.77. The maximum atomic E-state index is 5.64. The monoisotopic (exact) mass is 265 g/mol. The molecule has 0 atom stereocenters. The Kier molecular flexibility index (Phi) is 4.91. The fourth-order valence-corrected chi connectivity index (χ4v) is 2.26. The molecule has 2 rings (SSSR count). The van der Waals surface area contributed by atoms with Crippen LogP contribution in [0, 0.1) is 0 Å². The van der Waals surface area contributed by atoms with Crippen LogP contribution in [-0.2, 0) is 4.74 Å². The number of methoxy groups -OCH3 is 1. The van der Waals surface area contributed by atoms with Crippen LogP contribution in [0.1, 0.15) is 26.7 Å². The van der Waals surface area contributed by atoms with Crippen molar-refractivity contribution in [3.05, 3.63) is 18.2 Å². The van der Waals surface area contributed by atoms with E-state index < -0.39 is 0 Å². The summed E-state index contributed by atoms with van der Waals surface area (Å²) < 4.78 is 16.5. The van der Waals surface area contributed by atoms with E-state index in [0.717, 1.165) is 30.0 Å². The lowest BCUT2D eigenvalue weighted by Gasteiger charge is -2.35. The van der Waals surface area contributed by atoms with Crippen LogP contribution < -0.4 is 14.8 Å². The second-order valence-corrected chi connectivity index (χ2v) is 4.69. The van der Waals surface area contributed by atoms with Gasteiger partial charge in [-0.15, -0.1) is 0 Å². The topological polar surface area (TPSA) is 39.7 Å². The lowest BCUT2D eigenvalue weighted by molar-refractivity contribution is 0.0328. The Balaban J connectivity index is 2.04. The van der Waals surface area contributed by atoms with Gasteiger partial charge >= 0.3 is 0 Å². The lowest BCUT2D eigenvalue weighted by atomic mass is 9.89. The highest BCUT2D eigenvalue weighted by Gasteiger charge is 2.29. The Hall–Kier alpha value is -1.42. The second-order valence-electron chi connectivity index (χ2n) is 4.69. The normalized spacial score (nSPS) is 21.6. The van der Waals surface area contributed by atoms with Gasteiger partial charge in [0.2, 0.25) is 0 Å². The zero-order valence-electron chi connectivity index (χ0n) is 11.9. The molecule has 106 valence electrons. The summed E-state index contributed by atoms with van der Waals surface area (Å²) >= 11 is 0. The van der Waals surface area contributed by atoms with E-state index in [1.165, 1.54) is 0 Å². The predicted molar refractivity (Wildman–Crippen MR) is 76.2 cm³/mol. The molecule has 0 spiro atoms. The molecular weight excluding hydrogens is 242 g/mol. The maximum absolute atomic E-state index is 5.64. The van der Waals surface area contributed by atoms with Crippen LogP contribution in [0.2, 0.25) is 0 Å². The van der Waals surface area contributed by atoms with Gasteiger partial charge in [-0.25, -0.2) is 0 Å². The molecule has 4 heteroatoms. The van der Waals surface area contributed by atoms with Gasteiger partial charge in [-0.3, -0.25) is 0 Å². The summed E-state index contributed by atoms with van der Waals surface area (Å²) in [5.41, 5.74) is 1.01. The van der Waals surface area contributed by atoms with E-state index in [0.29, 0.717) is 25.4 Å². The Morgan fingerprint density at radius 1 is 1.16 bits per heavy atom. The molecule has 0 unspecified atom stereocenters. The maximum Gasteiger partial charge on any atom is 0.142 e. The molecule has 1 aliphatic rings. The highest BCUT2D eigenvalue weighted by atomic mass is 16.5. The van der Waals surface area contributed by atoms with Crippen LogP contribution >= 0.6 is 0 Å². The quantitative estimate of drug-likeness (QED) is 0.822. The van der Waals surface area contributed by atoms with E-state index in [1.54, 1.807) is 7.11 Å². The number of hydrogen-bond donors (Lipinski definition) is 1. The molecule has 0 heterocycles. The van der Waals surface area contributed by atoms with Gasteiger partial charge in [-0.1, -0.05) is 0 Å². The SMILES string of the molecule is CCOc1ccc(OCC)c(NC2CC(OC)C2)c1. The van der Waals surface area contributed by atoms with Gasteiger partial charge < -0.3 is 19.5 Å². The van der Waals surface area contributed by atoms with Crippen molar-refractivity contribution in [1.29, 1.82) is 0 Å². The molecule has 1 aromatic carbocycles. The van der Waals surface area contributed by atoms with Gasteiger partial charge in [0, 0.05) is 19.2 Å². The number of hydrogen-bond acceptors (Lipinski definition) is 4. The predicted octanol–water partition coefficient (Wildman–Crippen LogP) is 3.07. The smallest absolute Gasteiger partial charge is 0.142 e. The van der Waals surface area contributed by atoms with Crippen molar-refractivity contribution in [2.75, 3.05) is 25.6 Å². The van der Waals surface area contributed by atoms with E-state index in [1.807, 2.05) is 32.0 Å². The van der Waals surface area contributed by atoms with Crippen LogP contribution in [0.3, 0.4) is 0 Å². The fourth-order valence-electron chi connectivity index (χ4n) is 2.26. The van der Waals surface area contributed by atoms with Crippen LogP contribution in [-0.4, -0.2) is 32.5 Å². The van der Waals surface area contributed by atoms with Gasteiger partial charge in [-0.2, -0.15) is 0 Å². The first-order valence-corrected chi connectivity index (χ1v) is 6.95. The third-order valence-electron chi connectivity index (χ3n) is 3.35. The molecular formula is C15H23NO3. The minimum absolute atomic E-state index is 0.392. The summed E-state index contributed by atoms with van der Waals surface area (Å²) in [6.07, 6.45) is 2.48. The zero-order chi connectivity index (χ0) is 13.7. The van der Waals surface area contributed by atoms with Crippen LogP contribution in [0.4, 0.5) is 5.69 Å². The molecule has 1 saturated carbocycles. The van der Waals surface area contributed by atoms with Crippen molar-refractivity contribution in [3.8, 4) is 11.5 Å². The Labute approximate surface area is 115 Å². The Morgan fingerprint density at radius 3 is 2.53 bits per heavy atom. The third-order valence-corrected chi connectivity index (χ3v) is 3.35. The fraction of sp³-hybridized carbons (Fsp3) is 0.600. The summed E-state index contributed by atoms with van der Waals surface area (Å²) in [6, 6.07) is 6.37. The van der Waals surface area contributed by atoms with Gasteiger partial charge in [0.05, 0.1) is 25.0 Å². The van der Waals surface area contributed by atoms with Crippen LogP contribution in [0.15, 0.2) is 18.2 Å². The van der Waals surface area contributed by atoms with E-state index in [9.17, 15) is 0 Å². The number of nitrogens with one attached hydrogen (secondary N) is 1. The number of ether oxygens (including phenoxy) is 3. The van der Waals surface area contributed by atoms with E-state index in [4.69, 9.17) is 14.2 Å². The highest BCUT2D eigenvalue weighted by molar-refractivity contribution is 5.60. The molecule has 4 nitrogen and oxygen atoms in total. The van der Waals surface area contributed by atoms with Gasteiger partial charge in [0.25, 0.3) is 0 Å².